The zero-order valence-corrected chi connectivity index (χ0v) is 14.1. The molecule has 0 aliphatic heterocycles. The smallest absolute Gasteiger partial charge is 0.317 e. The number of benzene rings is 2. The fourth-order valence-electron chi connectivity index (χ4n) is 3.33. The normalized spacial score (nSPS) is 15.9. The number of hydrogen-bond donors (Lipinski definition) is 0. The van der Waals surface area contributed by atoms with Crippen LogP contribution in [0, 0.1) is 0 Å². The van der Waals surface area contributed by atoms with Gasteiger partial charge in [0.1, 0.15) is 0 Å². The van der Waals surface area contributed by atoms with Crippen LogP contribution in [0.5, 0.6) is 0 Å². The molecule has 3 nitrogen and oxygen atoms in total. The van der Waals surface area contributed by atoms with Gasteiger partial charge in [0, 0.05) is 10.6 Å². The monoisotopic (exact) mass is 342 g/mol. The predicted molar refractivity (Wildman–Crippen MR) is 93.3 cm³/mol. The van der Waals surface area contributed by atoms with Gasteiger partial charge < -0.3 is 4.74 Å². The average Bonchev–Trinajstić information content (AvgIpc) is 3.12. The maximum Gasteiger partial charge on any atom is 0.317 e. The average molecular weight is 343 g/mol. The highest BCUT2D eigenvalue weighted by atomic mass is 35.5. The number of carbonyl (C=O) groups excluding carboxylic acids is 2. The number of Topliss-reactive ketones (excluding diaryl/α,β-unsaturated/α-hetero) is 1. The van der Waals surface area contributed by atoms with Crippen molar-refractivity contribution in [2.45, 2.75) is 31.1 Å². The molecule has 1 aliphatic rings. The van der Waals surface area contributed by atoms with E-state index in [1.807, 2.05) is 18.2 Å². The highest BCUT2D eigenvalue weighted by Gasteiger charge is 2.44. The Morgan fingerprint density at radius 3 is 2.21 bits per heavy atom. The van der Waals surface area contributed by atoms with Gasteiger partial charge in [-0.05, 0) is 30.5 Å². The van der Waals surface area contributed by atoms with Gasteiger partial charge in [0.05, 0.1) is 5.41 Å². The fourth-order valence-corrected chi connectivity index (χ4v) is 3.46. The third kappa shape index (κ3) is 3.36. The van der Waals surface area contributed by atoms with Crippen LogP contribution in [0.2, 0.25) is 5.02 Å². The lowest BCUT2D eigenvalue weighted by molar-refractivity contribution is -0.149. The largest absolute Gasteiger partial charge is 0.457 e. The molecule has 0 heterocycles. The maximum atomic E-state index is 12.8. The van der Waals surface area contributed by atoms with Crippen LogP contribution in [0.15, 0.2) is 54.6 Å². The molecule has 0 unspecified atom stereocenters. The second kappa shape index (κ2) is 7.18. The Bertz CT molecular complexity index is 716. The number of rotatable bonds is 5. The SMILES string of the molecule is O=C(COC(=O)C1(c2ccc(Cl)cc2)CCCC1)c1ccccc1. The molecule has 2 aromatic rings. The molecular weight excluding hydrogens is 324 g/mol. The van der Waals surface area contributed by atoms with E-state index in [-0.39, 0.29) is 18.4 Å². The van der Waals surface area contributed by atoms with Gasteiger partial charge in [-0.25, -0.2) is 0 Å². The molecule has 1 fully saturated rings. The van der Waals surface area contributed by atoms with Gasteiger partial charge in [-0.1, -0.05) is 66.9 Å². The lowest BCUT2D eigenvalue weighted by Gasteiger charge is -2.27. The molecule has 0 bridgehead atoms. The van der Waals surface area contributed by atoms with Crippen molar-refractivity contribution < 1.29 is 14.3 Å². The highest BCUT2D eigenvalue weighted by Crippen LogP contribution is 2.42. The van der Waals surface area contributed by atoms with Crippen LogP contribution < -0.4 is 0 Å². The van der Waals surface area contributed by atoms with Gasteiger partial charge in [-0.15, -0.1) is 0 Å². The van der Waals surface area contributed by atoms with Crippen molar-refractivity contribution in [3.8, 4) is 0 Å². The van der Waals surface area contributed by atoms with E-state index in [0.717, 1.165) is 31.2 Å². The fraction of sp³-hybridized carbons (Fsp3) is 0.300. The summed E-state index contributed by atoms with van der Waals surface area (Å²) in [7, 11) is 0. The van der Waals surface area contributed by atoms with Crippen molar-refractivity contribution in [1.29, 1.82) is 0 Å². The number of ether oxygens (including phenoxy) is 1. The molecule has 0 saturated heterocycles. The molecule has 3 rings (SSSR count). The Morgan fingerprint density at radius 1 is 0.958 bits per heavy atom. The number of esters is 1. The molecule has 0 radical (unpaired) electrons. The second-order valence-corrected chi connectivity index (χ2v) is 6.60. The van der Waals surface area contributed by atoms with Crippen LogP contribution in [-0.2, 0) is 14.9 Å². The Hall–Kier alpha value is -2.13. The molecule has 124 valence electrons. The minimum absolute atomic E-state index is 0.187. The number of halogens is 1. The first kappa shape index (κ1) is 16.7. The summed E-state index contributed by atoms with van der Waals surface area (Å²) in [5.41, 5.74) is 0.820. The van der Waals surface area contributed by atoms with Crippen LogP contribution in [0.25, 0.3) is 0 Å². The molecule has 2 aromatic carbocycles. The molecule has 0 aromatic heterocycles. The van der Waals surface area contributed by atoms with Crippen molar-refractivity contribution >= 4 is 23.4 Å². The Morgan fingerprint density at radius 2 is 1.58 bits per heavy atom. The first-order valence-corrected chi connectivity index (χ1v) is 8.51. The quantitative estimate of drug-likeness (QED) is 0.590. The summed E-state index contributed by atoms with van der Waals surface area (Å²) in [5, 5.41) is 0.638. The predicted octanol–water partition coefficient (Wildman–Crippen LogP) is 4.58. The molecule has 0 N–H and O–H groups in total. The second-order valence-electron chi connectivity index (χ2n) is 6.16. The van der Waals surface area contributed by atoms with E-state index in [1.165, 1.54) is 0 Å². The summed E-state index contributed by atoms with van der Waals surface area (Å²) in [6.45, 7) is -0.224. The highest BCUT2D eigenvalue weighted by molar-refractivity contribution is 6.30. The summed E-state index contributed by atoms with van der Waals surface area (Å²) < 4.78 is 5.41. The van der Waals surface area contributed by atoms with Crippen molar-refractivity contribution in [3.05, 3.63) is 70.7 Å². The van der Waals surface area contributed by atoms with Gasteiger partial charge in [-0.2, -0.15) is 0 Å². The van der Waals surface area contributed by atoms with E-state index in [2.05, 4.69) is 0 Å². The summed E-state index contributed by atoms with van der Waals surface area (Å²) in [6.07, 6.45) is 3.44. The van der Waals surface area contributed by atoms with Crippen LogP contribution in [0.3, 0.4) is 0 Å². The molecule has 0 spiro atoms. The van der Waals surface area contributed by atoms with E-state index in [4.69, 9.17) is 16.3 Å². The van der Waals surface area contributed by atoms with Crippen molar-refractivity contribution in [1.82, 2.24) is 0 Å². The van der Waals surface area contributed by atoms with Crippen LogP contribution >= 0.6 is 11.6 Å². The van der Waals surface area contributed by atoms with Crippen LogP contribution in [0.4, 0.5) is 0 Å². The standard InChI is InChI=1S/C20H19ClO3/c21-17-10-8-16(9-11-17)20(12-4-5-13-20)19(23)24-14-18(22)15-6-2-1-3-7-15/h1-3,6-11H,4-5,12-14H2. The lowest BCUT2D eigenvalue weighted by atomic mass is 9.79. The first-order chi connectivity index (χ1) is 11.6. The molecule has 1 saturated carbocycles. The van der Waals surface area contributed by atoms with E-state index in [1.54, 1.807) is 36.4 Å². The first-order valence-electron chi connectivity index (χ1n) is 8.13. The zero-order valence-electron chi connectivity index (χ0n) is 13.3. The molecule has 0 amide bonds. The Kier molecular flexibility index (Phi) is 5.00. The lowest BCUT2D eigenvalue weighted by Crippen LogP contribution is -2.35. The summed E-state index contributed by atoms with van der Waals surface area (Å²) in [5.74, 6) is -0.500. The maximum absolute atomic E-state index is 12.8. The molecular formula is C20H19ClO3. The van der Waals surface area contributed by atoms with Gasteiger partial charge in [-0.3, -0.25) is 9.59 Å². The molecule has 1 aliphatic carbocycles. The third-order valence-corrected chi connectivity index (χ3v) is 4.93. The summed E-state index contributed by atoms with van der Waals surface area (Å²) in [6, 6.07) is 16.2. The number of hydrogen-bond acceptors (Lipinski definition) is 3. The summed E-state index contributed by atoms with van der Waals surface area (Å²) in [4.78, 5) is 24.9. The number of carbonyl (C=O) groups is 2. The minimum atomic E-state index is -0.651. The van der Waals surface area contributed by atoms with Gasteiger partial charge in [0.2, 0.25) is 0 Å². The van der Waals surface area contributed by atoms with E-state index < -0.39 is 5.41 Å². The van der Waals surface area contributed by atoms with Crippen LogP contribution in [-0.4, -0.2) is 18.4 Å². The Labute approximate surface area is 146 Å². The third-order valence-electron chi connectivity index (χ3n) is 4.67. The van der Waals surface area contributed by atoms with Crippen molar-refractivity contribution in [2.24, 2.45) is 0 Å². The molecule has 4 heteroatoms. The van der Waals surface area contributed by atoms with E-state index >= 15 is 0 Å². The van der Waals surface area contributed by atoms with Gasteiger partial charge in [0.15, 0.2) is 12.4 Å². The van der Waals surface area contributed by atoms with Gasteiger partial charge in [0.25, 0.3) is 0 Å². The van der Waals surface area contributed by atoms with Crippen molar-refractivity contribution in [3.63, 3.8) is 0 Å². The Balaban J connectivity index is 1.73. The topological polar surface area (TPSA) is 43.4 Å². The van der Waals surface area contributed by atoms with E-state index in [0.29, 0.717) is 10.6 Å². The van der Waals surface area contributed by atoms with E-state index in [9.17, 15) is 9.59 Å². The molecule has 24 heavy (non-hydrogen) atoms. The zero-order chi connectivity index (χ0) is 17.0. The number of ketones is 1. The van der Waals surface area contributed by atoms with Crippen molar-refractivity contribution in [2.75, 3.05) is 6.61 Å². The van der Waals surface area contributed by atoms with Crippen LogP contribution in [0.1, 0.15) is 41.6 Å². The molecule has 0 atom stereocenters. The summed E-state index contributed by atoms with van der Waals surface area (Å²) >= 11 is 5.95. The van der Waals surface area contributed by atoms with Gasteiger partial charge >= 0.3 is 5.97 Å². The minimum Gasteiger partial charge on any atom is -0.457 e.